The van der Waals surface area contributed by atoms with Crippen LogP contribution in [-0.4, -0.2) is 38.0 Å². The minimum absolute atomic E-state index is 0. The van der Waals surface area contributed by atoms with Crippen molar-refractivity contribution in [2.75, 3.05) is 19.6 Å². The molecule has 8 heteroatoms. The number of hydrogen-bond donors (Lipinski definition) is 2. The molecule has 0 spiro atoms. The minimum atomic E-state index is -3.60. The van der Waals surface area contributed by atoms with Gasteiger partial charge in [-0.2, -0.15) is 0 Å². The lowest BCUT2D eigenvalue weighted by Gasteiger charge is -2.22. The number of sulfonamides is 1. The van der Waals surface area contributed by atoms with Crippen molar-refractivity contribution in [2.24, 2.45) is 5.92 Å². The van der Waals surface area contributed by atoms with E-state index in [-0.39, 0.29) is 17.6 Å². The Morgan fingerprint density at radius 2 is 2.00 bits per heavy atom. The lowest BCUT2D eigenvalue weighted by atomic mass is 10.0. The second kappa shape index (κ2) is 7.31. The number of nitrogens with one attached hydrogen (secondary N) is 2. The average Bonchev–Trinajstić information content (AvgIpc) is 2.37. The first-order valence-electron chi connectivity index (χ1n) is 6.50. The standard InChI is InChI=1S/C12H20N4O2S.ClH/c1-9-6-10(2)16-12(15-9)19(17,18)14-8-11-4-3-5-13-7-11;/h6,11,13-14H,3-5,7-8H2,1-2H3;1H. The largest absolute Gasteiger partial charge is 0.316 e. The Labute approximate surface area is 126 Å². The molecular formula is C12H21ClN4O2S. The van der Waals surface area contributed by atoms with E-state index >= 15 is 0 Å². The van der Waals surface area contributed by atoms with E-state index in [0.29, 0.717) is 23.9 Å². The molecule has 1 aliphatic rings. The van der Waals surface area contributed by atoms with E-state index in [0.717, 1.165) is 25.9 Å². The fourth-order valence-electron chi connectivity index (χ4n) is 2.20. The molecule has 2 rings (SSSR count). The Hall–Kier alpha value is -0.760. The Morgan fingerprint density at radius 3 is 2.55 bits per heavy atom. The van der Waals surface area contributed by atoms with Gasteiger partial charge in [0.15, 0.2) is 0 Å². The quantitative estimate of drug-likeness (QED) is 0.801. The number of piperidine rings is 1. The van der Waals surface area contributed by atoms with Crippen LogP contribution >= 0.6 is 12.4 Å². The van der Waals surface area contributed by atoms with Gasteiger partial charge in [0, 0.05) is 17.9 Å². The van der Waals surface area contributed by atoms with Crippen molar-refractivity contribution in [1.82, 2.24) is 20.0 Å². The van der Waals surface area contributed by atoms with Crippen molar-refractivity contribution in [2.45, 2.75) is 31.8 Å². The molecule has 1 fully saturated rings. The summed E-state index contributed by atoms with van der Waals surface area (Å²) in [4.78, 5) is 7.98. The van der Waals surface area contributed by atoms with E-state index in [1.165, 1.54) is 0 Å². The van der Waals surface area contributed by atoms with Crippen LogP contribution in [0.2, 0.25) is 0 Å². The van der Waals surface area contributed by atoms with Gasteiger partial charge in [-0.15, -0.1) is 12.4 Å². The number of halogens is 1. The third-order valence-electron chi connectivity index (χ3n) is 3.16. The van der Waals surface area contributed by atoms with Gasteiger partial charge in [-0.3, -0.25) is 0 Å². The van der Waals surface area contributed by atoms with Gasteiger partial charge in [0.05, 0.1) is 0 Å². The molecule has 0 saturated carbocycles. The van der Waals surface area contributed by atoms with Crippen LogP contribution in [-0.2, 0) is 10.0 Å². The van der Waals surface area contributed by atoms with Crippen LogP contribution in [0.5, 0.6) is 0 Å². The zero-order chi connectivity index (χ0) is 13.9. The Kier molecular flexibility index (Phi) is 6.32. The zero-order valence-corrected chi connectivity index (χ0v) is 13.4. The molecule has 0 aromatic carbocycles. The summed E-state index contributed by atoms with van der Waals surface area (Å²) in [6.45, 7) is 5.84. The smallest absolute Gasteiger partial charge is 0.276 e. The first-order valence-corrected chi connectivity index (χ1v) is 7.98. The highest BCUT2D eigenvalue weighted by Gasteiger charge is 2.21. The second-order valence-corrected chi connectivity index (χ2v) is 6.66. The third kappa shape index (κ3) is 4.66. The Morgan fingerprint density at radius 1 is 1.35 bits per heavy atom. The van der Waals surface area contributed by atoms with E-state index in [9.17, 15) is 8.42 Å². The van der Waals surface area contributed by atoms with E-state index in [1.54, 1.807) is 19.9 Å². The predicted molar refractivity (Wildman–Crippen MR) is 79.5 cm³/mol. The summed E-state index contributed by atoms with van der Waals surface area (Å²) in [5, 5.41) is 3.13. The molecule has 0 aliphatic carbocycles. The summed E-state index contributed by atoms with van der Waals surface area (Å²) in [6.07, 6.45) is 2.13. The van der Waals surface area contributed by atoms with Gasteiger partial charge >= 0.3 is 0 Å². The van der Waals surface area contributed by atoms with Crippen molar-refractivity contribution in [3.05, 3.63) is 17.5 Å². The summed E-state index contributed by atoms with van der Waals surface area (Å²) in [6, 6.07) is 1.75. The number of aromatic nitrogens is 2. The molecule has 1 aliphatic heterocycles. The molecule has 1 atom stereocenters. The van der Waals surface area contributed by atoms with Crippen LogP contribution in [0.25, 0.3) is 0 Å². The number of nitrogens with zero attached hydrogens (tertiary/aromatic N) is 2. The maximum atomic E-state index is 12.1. The van der Waals surface area contributed by atoms with Gasteiger partial charge in [0.1, 0.15) is 0 Å². The highest BCUT2D eigenvalue weighted by molar-refractivity contribution is 7.89. The van der Waals surface area contributed by atoms with E-state index < -0.39 is 10.0 Å². The van der Waals surface area contributed by atoms with Crippen molar-refractivity contribution < 1.29 is 8.42 Å². The molecule has 1 aromatic rings. The molecule has 0 radical (unpaired) electrons. The second-order valence-electron chi connectivity index (χ2n) is 5.00. The van der Waals surface area contributed by atoms with E-state index in [2.05, 4.69) is 20.0 Å². The van der Waals surface area contributed by atoms with Gasteiger partial charge in [0.25, 0.3) is 15.2 Å². The Balaban J connectivity index is 0.00000200. The monoisotopic (exact) mass is 320 g/mol. The Bertz CT molecular complexity index is 524. The lowest BCUT2D eigenvalue weighted by Crippen LogP contribution is -2.38. The van der Waals surface area contributed by atoms with Crippen LogP contribution in [0.3, 0.4) is 0 Å². The summed E-state index contributed by atoms with van der Waals surface area (Å²) in [5.74, 6) is 0.342. The van der Waals surface area contributed by atoms with Gasteiger partial charge < -0.3 is 5.32 Å². The number of rotatable bonds is 4. The molecule has 0 amide bonds. The molecule has 0 bridgehead atoms. The fourth-order valence-corrected chi connectivity index (χ4v) is 3.32. The molecule has 1 unspecified atom stereocenters. The molecule has 2 N–H and O–H groups in total. The summed E-state index contributed by atoms with van der Waals surface area (Å²) >= 11 is 0. The molecule has 20 heavy (non-hydrogen) atoms. The first kappa shape index (κ1) is 17.3. The first-order chi connectivity index (χ1) is 8.97. The highest BCUT2D eigenvalue weighted by atomic mass is 35.5. The fraction of sp³-hybridized carbons (Fsp3) is 0.667. The SMILES string of the molecule is Cc1cc(C)nc(S(=O)(=O)NCC2CCCNC2)n1.Cl. The molecular weight excluding hydrogens is 300 g/mol. The molecule has 1 saturated heterocycles. The van der Waals surface area contributed by atoms with E-state index in [1.807, 2.05) is 0 Å². The van der Waals surface area contributed by atoms with Crippen molar-refractivity contribution >= 4 is 22.4 Å². The third-order valence-corrected chi connectivity index (χ3v) is 4.37. The van der Waals surface area contributed by atoms with Crippen LogP contribution in [0, 0.1) is 19.8 Å². The number of aryl methyl sites for hydroxylation is 2. The van der Waals surface area contributed by atoms with Gasteiger partial charge in [0.2, 0.25) is 0 Å². The van der Waals surface area contributed by atoms with Crippen LogP contribution < -0.4 is 10.0 Å². The van der Waals surface area contributed by atoms with Gasteiger partial charge in [-0.1, -0.05) is 0 Å². The van der Waals surface area contributed by atoms with Crippen LogP contribution in [0.4, 0.5) is 0 Å². The van der Waals surface area contributed by atoms with Crippen molar-refractivity contribution in [3.63, 3.8) is 0 Å². The normalized spacial score (nSPS) is 19.4. The molecule has 2 heterocycles. The average molecular weight is 321 g/mol. The topological polar surface area (TPSA) is 84.0 Å². The van der Waals surface area contributed by atoms with Crippen LogP contribution in [0.15, 0.2) is 11.2 Å². The molecule has 6 nitrogen and oxygen atoms in total. The highest BCUT2D eigenvalue weighted by Crippen LogP contribution is 2.10. The zero-order valence-electron chi connectivity index (χ0n) is 11.7. The maximum absolute atomic E-state index is 12.1. The minimum Gasteiger partial charge on any atom is -0.316 e. The van der Waals surface area contributed by atoms with Crippen molar-refractivity contribution in [1.29, 1.82) is 0 Å². The predicted octanol–water partition coefficient (Wildman–Crippen LogP) is 0.793. The molecule has 1 aromatic heterocycles. The van der Waals surface area contributed by atoms with E-state index in [4.69, 9.17) is 0 Å². The summed E-state index contributed by atoms with van der Waals surface area (Å²) in [7, 11) is -3.60. The van der Waals surface area contributed by atoms with Gasteiger partial charge in [-0.25, -0.2) is 23.1 Å². The van der Waals surface area contributed by atoms with Crippen LogP contribution in [0.1, 0.15) is 24.2 Å². The molecule has 114 valence electrons. The lowest BCUT2D eigenvalue weighted by molar-refractivity contribution is 0.375. The number of hydrogen-bond acceptors (Lipinski definition) is 5. The van der Waals surface area contributed by atoms with Crippen molar-refractivity contribution in [3.8, 4) is 0 Å². The summed E-state index contributed by atoms with van der Waals surface area (Å²) < 4.78 is 26.9. The maximum Gasteiger partial charge on any atom is 0.276 e. The van der Waals surface area contributed by atoms with Gasteiger partial charge in [-0.05, 0) is 51.8 Å². The summed E-state index contributed by atoms with van der Waals surface area (Å²) in [5.41, 5.74) is 1.32.